The summed E-state index contributed by atoms with van der Waals surface area (Å²) in [7, 11) is 0. The second kappa shape index (κ2) is 8.15. The van der Waals surface area contributed by atoms with E-state index in [1.807, 2.05) is 18.2 Å². The molecular formula is C17H27N3O. The smallest absolute Gasteiger partial charge is 0.238 e. The molecule has 0 saturated carbocycles. The predicted octanol–water partition coefficient (Wildman–Crippen LogP) is 2.39. The van der Waals surface area contributed by atoms with Gasteiger partial charge < -0.3 is 11.1 Å². The number of hydrogen-bond acceptors (Lipinski definition) is 3. The van der Waals surface area contributed by atoms with E-state index in [-0.39, 0.29) is 5.91 Å². The molecule has 1 heterocycles. The first-order valence-corrected chi connectivity index (χ1v) is 8.06. The summed E-state index contributed by atoms with van der Waals surface area (Å²) < 4.78 is 0. The molecule has 1 aromatic rings. The predicted molar refractivity (Wildman–Crippen MR) is 87.3 cm³/mol. The van der Waals surface area contributed by atoms with Crippen LogP contribution in [0.3, 0.4) is 0 Å². The van der Waals surface area contributed by atoms with Crippen LogP contribution in [0, 0.1) is 0 Å². The molecule has 1 saturated heterocycles. The van der Waals surface area contributed by atoms with Gasteiger partial charge in [-0.05, 0) is 56.5 Å². The maximum atomic E-state index is 12.2. The van der Waals surface area contributed by atoms with E-state index in [9.17, 15) is 4.79 Å². The molecule has 116 valence electrons. The summed E-state index contributed by atoms with van der Waals surface area (Å²) in [5.41, 5.74) is 7.82. The van der Waals surface area contributed by atoms with Gasteiger partial charge in [0.1, 0.15) is 0 Å². The van der Waals surface area contributed by atoms with Crippen molar-refractivity contribution in [3.8, 4) is 0 Å². The fourth-order valence-corrected chi connectivity index (χ4v) is 3.04. The highest BCUT2D eigenvalue weighted by molar-refractivity contribution is 5.92. The van der Waals surface area contributed by atoms with Crippen molar-refractivity contribution < 1.29 is 4.79 Å². The van der Waals surface area contributed by atoms with Gasteiger partial charge in [0.15, 0.2) is 0 Å². The number of carbonyl (C=O) groups is 1. The topological polar surface area (TPSA) is 58.4 Å². The zero-order chi connectivity index (χ0) is 15.1. The quantitative estimate of drug-likeness (QED) is 0.845. The molecule has 4 nitrogen and oxygen atoms in total. The monoisotopic (exact) mass is 289 g/mol. The van der Waals surface area contributed by atoms with Gasteiger partial charge in [-0.25, -0.2) is 0 Å². The largest absolute Gasteiger partial charge is 0.330 e. The second-order valence-electron chi connectivity index (χ2n) is 5.80. The average Bonchev–Trinajstić information content (AvgIpc) is 2.49. The summed E-state index contributed by atoms with van der Waals surface area (Å²) >= 11 is 0. The summed E-state index contributed by atoms with van der Waals surface area (Å²) in [6.07, 6.45) is 5.56. The molecular weight excluding hydrogens is 262 g/mol. The summed E-state index contributed by atoms with van der Waals surface area (Å²) in [4.78, 5) is 14.5. The number of likely N-dealkylation sites (tertiary alicyclic amines) is 1. The van der Waals surface area contributed by atoms with Gasteiger partial charge in [0, 0.05) is 11.7 Å². The summed E-state index contributed by atoms with van der Waals surface area (Å²) in [5.74, 6) is 0.0761. The first-order valence-electron chi connectivity index (χ1n) is 8.06. The highest BCUT2D eigenvalue weighted by Crippen LogP contribution is 2.19. The lowest BCUT2D eigenvalue weighted by Crippen LogP contribution is -2.44. The Morgan fingerprint density at radius 3 is 3.05 bits per heavy atom. The van der Waals surface area contributed by atoms with Crippen molar-refractivity contribution >= 4 is 11.6 Å². The zero-order valence-corrected chi connectivity index (χ0v) is 13.0. The minimum Gasteiger partial charge on any atom is -0.330 e. The lowest BCUT2D eigenvalue weighted by atomic mass is 9.99. The molecule has 21 heavy (non-hydrogen) atoms. The Kier molecular flexibility index (Phi) is 6.21. The van der Waals surface area contributed by atoms with E-state index in [1.165, 1.54) is 18.4 Å². The van der Waals surface area contributed by atoms with Crippen molar-refractivity contribution in [2.24, 2.45) is 5.73 Å². The number of rotatable bonds is 6. The maximum absolute atomic E-state index is 12.2. The number of piperidine rings is 1. The summed E-state index contributed by atoms with van der Waals surface area (Å²) in [5, 5.41) is 3.01. The third-order valence-electron chi connectivity index (χ3n) is 4.21. The molecule has 1 fully saturated rings. The molecule has 1 unspecified atom stereocenters. The van der Waals surface area contributed by atoms with Crippen molar-refractivity contribution in [2.75, 3.05) is 25.0 Å². The number of benzene rings is 1. The van der Waals surface area contributed by atoms with Crippen molar-refractivity contribution in [3.05, 3.63) is 29.8 Å². The van der Waals surface area contributed by atoms with E-state index in [0.717, 1.165) is 31.5 Å². The van der Waals surface area contributed by atoms with E-state index < -0.39 is 0 Å². The Morgan fingerprint density at radius 2 is 2.29 bits per heavy atom. The Morgan fingerprint density at radius 1 is 1.43 bits per heavy atom. The fourth-order valence-electron chi connectivity index (χ4n) is 3.04. The molecule has 2 rings (SSSR count). The van der Waals surface area contributed by atoms with Crippen LogP contribution in [-0.4, -0.2) is 36.5 Å². The molecule has 0 spiro atoms. The Bertz CT molecular complexity index is 459. The van der Waals surface area contributed by atoms with Crippen molar-refractivity contribution in [3.63, 3.8) is 0 Å². The number of hydrogen-bond donors (Lipinski definition) is 2. The molecule has 0 aromatic heterocycles. The standard InChI is InChI=1S/C17H27N3O/c1-2-14-6-5-7-15(12-14)19-17(21)13-20-11-4-3-8-16(20)9-10-18/h5-7,12,16H,2-4,8-11,13,18H2,1H3,(H,19,21). The lowest BCUT2D eigenvalue weighted by molar-refractivity contribution is -0.118. The molecule has 1 aliphatic rings. The van der Waals surface area contributed by atoms with E-state index in [4.69, 9.17) is 5.73 Å². The molecule has 1 atom stereocenters. The molecule has 3 N–H and O–H groups in total. The highest BCUT2D eigenvalue weighted by Gasteiger charge is 2.23. The number of carbonyl (C=O) groups excluding carboxylic acids is 1. The average molecular weight is 289 g/mol. The van der Waals surface area contributed by atoms with Crippen LogP contribution >= 0.6 is 0 Å². The number of anilines is 1. The molecule has 1 aromatic carbocycles. The number of amides is 1. The van der Waals surface area contributed by atoms with E-state index in [1.54, 1.807) is 0 Å². The van der Waals surface area contributed by atoms with Gasteiger partial charge in [0.25, 0.3) is 0 Å². The molecule has 1 amide bonds. The van der Waals surface area contributed by atoms with E-state index in [2.05, 4.69) is 23.2 Å². The number of nitrogens with one attached hydrogen (secondary N) is 1. The number of aryl methyl sites for hydroxylation is 1. The van der Waals surface area contributed by atoms with Crippen LogP contribution in [0.15, 0.2) is 24.3 Å². The van der Waals surface area contributed by atoms with Gasteiger partial charge in [-0.1, -0.05) is 25.5 Å². The Balaban J connectivity index is 1.90. The zero-order valence-electron chi connectivity index (χ0n) is 13.0. The maximum Gasteiger partial charge on any atom is 0.238 e. The fraction of sp³-hybridized carbons (Fsp3) is 0.588. The van der Waals surface area contributed by atoms with E-state index in [0.29, 0.717) is 19.1 Å². The normalized spacial score (nSPS) is 19.4. The van der Waals surface area contributed by atoms with Gasteiger partial charge in [-0.3, -0.25) is 9.69 Å². The van der Waals surface area contributed by atoms with Crippen molar-refractivity contribution in [2.45, 2.75) is 45.1 Å². The molecule has 0 bridgehead atoms. The Labute approximate surface area is 127 Å². The number of nitrogens with two attached hydrogens (primary N) is 1. The summed E-state index contributed by atoms with van der Waals surface area (Å²) in [6, 6.07) is 8.54. The van der Waals surface area contributed by atoms with Crippen molar-refractivity contribution in [1.29, 1.82) is 0 Å². The Hall–Kier alpha value is -1.39. The first kappa shape index (κ1) is 16.0. The van der Waals surface area contributed by atoms with Gasteiger partial charge in [0.05, 0.1) is 6.54 Å². The van der Waals surface area contributed by atoms with Crippen LogP contribution in [0.1, 0.15) is 38.2 Å². The minimum absolute atomic E-state index is 0.0761. The third kappa shape index (κ3) is 4.83. The van der Waals surface area contributed by atoms with Crippen LogP contribution in [-0.2, 0) is 11.2 Å². The van der Waals surface area contributed by atoms with Crippen LogP contribution < -0.4 is 11.1 Å². The SMILES string of the molecule is CCc1cccc(NC(=O)CN2CCCCC2CCN)c1. The number of nitrogens with zero attached hydrogens (tertiary/aromatic N) is 1. The van der Waals surface area contributed by atoms with Gasteiger partial charge in [-0.15, -0.1) is 0 Å². The van der Waals surface area contributed by atoms with Crippen LogP contribution in [0.5, 0.6) is 0 Å². The van der Waals surface area contributed by atoms with Crippen LogP contribution in [0.2, 0.25) is 0 Å². The third-order valence-corrected chi connectivity index (χ3v) is 4.21. The molecule has 0 radical (unpaired) electrons. The lowest BCUT2D eigenvalue weighted by Gasteiger charge is -2.35. The molecule has 4 heteroatoms. The van der Waals surface area contributed by atoms with Gasteiger partial charge >= 0.3 is 0 Å². The first-order chi connectivity index (χ1) is 10.2. The van der Waals surface area contributed by atoms with Gasteiger partial charge in [0.2, 0.25) is 5.91 Å². The second-order valence-corrected chi connectivity index (χ2v) is 5.80. The van der Waals surface area contributed by atoms with Crippen molar-refractivity contribution in [1.82, 2.24) is 4.90 Å². The summed E-state index contributed by atoms with van der Waals surface area (Å²) in [6.45, 7) is 4.29. The molecule has 1 aliphatic heterocycles. The van der Waals surface area contributed by atoms with Crippen LogP contribution in [0.4, 0.5) is 5.69 Å². The molecule has 0 aliphatic carbocycles. The van der Waals surface area contributed by atoms with Crippen LogP contribution in [0.25, 0.3) is 0 Å². The highest BCUT2D eigenvalue weighted by atomic mass is 16.2. The van der Waals surface area contributed by atoms with E-state index >= 15 is 0 Å². The minimum atomic E-state index is 0.0761. The van der Waals surface area contributed by atoms with Gasteiger partial charge in [-0.2, -0.15) is 0 Å².